The van der Waals surface area contributed by atoms with Gasteiger partial charge in [0.15, 0.2) is 0 Å². The van der Waals surface area contributed by atoms with E-state index in [1.54, 1.807) is 0 Å². The zero-order chi connectivity index (χ0) is 13.9. The Hall–Kier alpha value is -1.77. The highest BCUT2D eigenvalue weighted by Gasteiger charge is 2.17. The summed E-state index contributed by atoms with van der Waals surface area (Å²) in [5.74, 6) is 0.274. The third kappa shape index (κ3) is 2.58. The molecule has 1 aromatic heterocycles. The average Bonchev–Trinajstić information content (AvgIpc) is 2.69. The Balaban J connectivity index is 1.80. The summed E-state index contributed by atoms with van der Waals surface area (Å²) in [6.07, 6.45) is 7.33. The van der Waals surface area contributed by atoms with E-state index < -0.39 is 0 Å². The number of hydrogen-bond acceptors (Lipinski definition) is 1. The Morgan fingerprint density at radius 1 is 1.20 bits per heavy atom. The minimum atomic E-state index is 0.274. The van der Waals surface area contributed by atoms with Crippen molar-refractivity contribution in [3.63, 3.8) is 0 Å². The second kappa shape index (κ2) is 5.70. The molecule has 1 aromatic carbocycles. The normalized spacial score (nSPS) is 16.4. The van der Waals surface area contributed by atoms with E-state index in [1.807, 2.05) is 11.1 Å². The summed E-state index contributed by atoms with van der Waals surface area (Å²) in [5.41, 5.74) is 3.50. The fraction of sp³-hybridized carbons (Fsp3) is 0.471. The lowest BCUT2D eigenvalue weighted by molar-refractivity contribution is -0.130. The van der Waals surface area contributed by atoms with Gasteiger partial charge in [0.25, 0.3) is 0 Å². The van der Waals surface area contributed by atoms with Crippen LogP contribution in [0.3, 0.4) is 0 Å². The van der Waals surface area contributed by atoms with Gasteiger partial charge in [-0.05, 0) is 37.0 Å². The number of amides is 1. The smallest absolute Gasteiger partial charge is 0.227 e. The second-order valence-corrected chi connectivity index (χ2v) is 5.78. The van der Waals surface area contributed by atoms with Crippen LogP contribution < -0.4 is 0 Å². The summed E-state index contributed by atoms with van der Waals surface area (Å²) in [6, 6.07) is 6.23. The van der Waals surface area contributed by atoms with Crippen LogP contribution in [0.5, 0.6) is 0 Å². The molecule has 1 saturated heterocycles. The van der Waals surface area contributed by atoms with Crippen LogP contribution in [0, 0.1) is 6.92 Å². The number of H-pyrrole nitrogens is 1. The molecule has 2 heterocycles. The standard InChI is InChI=1S/C17H22N2O/c1-13-7-6-8-15-17(13)14(12-18-15)11-16(20)19-9-4-2-3-5-10-19/h6-8,12,18H,2-5,9-11H2,1H3. The summed E-state index contributed by atoms with van der Waals surface area (Å²) in [7, 11) is 0. The Morgan fingerprint density at radius 2 is 1.95 bits per heavy atom. The van der Waals surface area contributed by atoms with E-state index in [-0.39, 0.29) is 5.91 Å². The molecular weight excluding hydrogens is 248 g/mol. The maximum absolute atomic E-state index is 12.5. The molecule has 0 unspecified atom stereocenters. The van der Waals surface area contributed by atoms with E-state index in [1.165, 1.54) is 23.8 Å². The minimum Gasteiger partial charge on any atom is -0.361 e. The van der Waals surface area contributed by atoms with Crippen molar-refractivity contribution in [1.29, 1.82) is 0 Å². The molecule has 1 N–H and O–H groups in total. The number of aromatic amines is 1. The predicted molar refractivity (Wildman–Crippen MR) is 81.8 cm³/mol. The van der Waals surface area contributed by atoms with Crippen molar-refractivity contribution in [2.75, 3.05) is 13.1 Å². The van der Waals surface area contributed by atoms with Gasteiger partial charge < -0.3 is 9.88 Å². The molecule has 1 amide bonds. The van der Waals surface area contributed by atoms with Gasteiger partial charge in [0, 0.05) is 30.2 Å². The molecule has 20 heavy (non-hydrogen) atoms. The molecule has 2 aromatic rings. The molecule has 0 atom stereocenters. The van der Waals surface area contributed by atoms with Gasteiger partial charge in [0.05, 0.1) is 6.42 Å². The molecule has 1 aliphatic heterocycles. The van der Waals surface area contributed by atoms with Crippen LogP contribution >= 0.6 is 0 Å². The number of nitrogens with zero attached hydrogens (tertiary/aromatic N) is 1. The van der Waals surface area contributed by atoms with E-state index in [0.717, 1.165) is 37.0 Å². The van der Waals surface area contributed by atoms with Crippen LogP contribution in [-0.4, -0.2) is 28.9 Å². The summed E-state index contributed by atoms with van der Waals surface area (Å²) in [5, 5.41) is 1.22. The summed E-state index contributed by atoms with van der Waals surface area (Å²) >= 11 is 0. The topological polar surface area (TPSA) is 36.1 Å². The number of carbonyl (C=O) groups excluding carboxylic acids is 1. The maximum atomic E-state index is 12.5. The molecule has 0 aliphatic carbocycles. The molecule has 106 valence electrons. The molecule has 0 spiro atoms. The van der Waals surface area contributed by atoms with Gasteiger partial charge in [-0.1, -0.05) is 25.0 Å². The van der Waals surface area contributed by atoms with Gasteiger partial charge in [-0.2, -0.15) is 0 Å². The Kier molecular flexibility index (Phi) is 3.77. The van der Waals surface area contributed by atoms with Crippen LogP contribution in [0.2, 0.25) is 0 Å². The van der Waals surface area contributed by atoms with Crippen molar-refractivity contribution in [2.45, 2.75) is 39.0 Å². The van der Waals surface area contributed by atoms with Gasteiger partial charge in [0.2, 0.25) is 5.91 Å². The number of carbonyl (C=O) groups is 1. The molecule has 3 nitrogen and oxygen atoms in total. The lowest BCUT2D eigenvalue weighted by Gasteiger charge is -2.20. The summed E-state index contributed by atoms with van der Waals surface area (Å²) < 4.78 is 0. The van der Waals surface area contributed by atoms with Crippen LogP contribution in [0.25, 0.3) is 10.9 Å². The van der Waals surface area contributed by atoms with Crippen LogP contribution in [0.4, 0.5) is 0 Å². The Morgan fingerprint density at radius 3 is 2.70 bits per heavy atom. The summed E-state index contributed by atoms with van der Waals surface area (Å²) in [6.45, 7) is 3.97. The van der Waals surface area contributed by atoms with E-state index in [2.05, 4.69) is 30.1 Å². The highest BCUT2D eigenvalue weighted by atomic mass is 16.2. The number of fused-ring (bicyclic) bond motifs is 1. The van der Waals surface area contributed by atoms with Gasteiger partial charge in [-0.3, -0.25) is 4.79 Å². The van der Waals surface area contributed by atoms with Gasteiger partial charge in [0.1, 0.15) is 0 Å². The van der Waals surface area contributed by atoms with Gasteiger partial charge in [-0.15, -0.1) is 0 Å². The molecule has 3 heteroatoms. The number of hydrogen-bond donors (Lipinski definition) is 1. The van der Waals surface area contributed by atoms with E-state index in [0.29, 0.717) is 6.42 Å². The minimum absolute atomic E-state index is 0.274. The second-order valence-electron chi connectivity index (χ2n) is 5.78. The van der Waals surface area contributed by atoms with Crippen LogP contribution in [0.1, 0.15) is 36.8 Å². The third-order valence-electron chi connectivity index (χ3n) is 4.30. The van der Waals surface area contributed by atoms with Crippen molar-refractivity contribution in [3.8, 4) is 0 Å². The van der Waals surface area contributed by atoms with Gasteiger partial charge in [-0.25, -0.2) is 0 Å². The monoisotopic (exact) mass is 270 g/mol. The lowest BCUT2D eigenvalue weighted by atomic mass is 10.0. The van der Waals surface area contributed by atoms with E-state index in [4.69, 9.17) is 0 Å². The number of likely N-dealkylation sites (tertiary alicyclic amines) is 1. The molecule has 0 bridgehead atoms. The molecule has 0 radical (unpaired) electrons. The first kappa shape index (κ1) is 13.2. The maximum Gasteiger partial charge on any atom is 0.227 e. The number of nitrogens with one attached hydrogen (secondary N) is 1. The molecule has 0 saturated carbocycles. The van der Waals surface area contributed by atoms with Crippen LogP contribution in [-0.2, 0) is 11.2 Å². The fourth-order valence-corrected chi connectivity index (χ4v) is 3.19. The summed E-state index contributed by atoms with van der Waals surface area (Å²) in [4.78, 5) is 17.8. The molecular formula is C17H22N2O. The van der Waals surface area contributed by atoms with Gasteiger partial charge >= 0.3 is 0 Å². The number of aromatic nitrogens is 1. The zero-order valence-corrected chi connectivity index (χ0v) is 12.1. The Labute approximate surface area is 120 Å². The largest absolute Gasteiger partial charge is 0.361 e. The van der Waals surface area contributed by atoms with Crippen molar-refractivity contribution >= 4 is 16.8 Å². The lowest BCUT2D eigenvalue weighted by Crippen LogP contribution is -2.33. The van der Waals surface area contributed by atoms with E-state index >= 15 is 0 Å². The number of benzene rings is 1. The highest BCUT2D eigenvalue weighted by Crippen LogP contribution is 2.23. The van der Waals surface area contributed by atoms with Crippen molar-refractivity contribution in [1.82, 2.24) is 9.88 Å². The van der Waals surface area contributed by atoms with E-state index in [9.17, 15) is 4.79 Å². The highest BCUT2D eigenvalue weighted by molar-refractivity contribution is 5.91. The molecule has 1 fully saturated rings. The predicted octanol–water partition coefficient (Wildman–Crippen LogP) is 3.42. The molecule has 1 aliphatic rings. The SMILES string of the molecule is Cc1cccc2[nH]cc(CC(=O)N3CCCCCC3)c12. The first-order valence-corrected chi connectivity index (χ1v) is 7.59. The van der Waals surface area contributed by atoms with Crippen LogP contribution in [0.15, 0.2) is 24.4 Å². The number of aryl methyl sites for hydroxylation is 1. The first-order chi connectivity index (χ1) is 9.75. The third-order valence-corrected chi connectivity index (χ3v) is 4.30. The average molecular weight is 270 g/mol. The first-order valence-electron chi connectivity index (χ1n) is 7.59. The zero-order valence-electron chi connectivity index (χ0n) is 12.1. The van der Waals surface area contributed by atoms with Crippen molar-refractivity contribution in [2.24, 2.45) is 0 Å². The molecule has 3 rings (SSSR count). The van der Waals surface area contributed by atoms with Crippen molar-refractivity contribution in [3.05, 3.63) is 35.5 Å². The quantitative estimate of drug-likeness (QED) is 0.891. The number of rotatable bonds is 2. The van der Waals surface area contributed by atoms with Crippen molar-refractivity contribution < 1.29 is 4.79 Å². The Bertz CT molecular complexity index is 606. The fourth-order valence-electron chi connectivity index (χ4n) is 3.19.